The van der Waals surface area contributed by atoms with Gasteiger partial charge in [-0.15, -0.1) is 0 Å². The topological polar surface area (TPSA) is 113 Å². The molecular weight excluding hydrogens is 456 g/mol. The first kappa shape index (κ1) is 23.1. The third kappa shape index (κ3) is 4.49. The average Bonchev–Trinajstić information content (AvgIpc) is 3.30. The highest BCUT2D eigenvalue weighted by Gasteiger charge is 2.22. The SMILES string of the molecule is COc1cccc(-n2c(NC(=O)c3cccc(C#N)c3)nc3cc(C(=O)N4CCCCC4)cnc32)c1. The van der Waals surface area contributed by atoms with E-state index < -0.39 is 5.91 Å². The van der Waals surface area contributed by atoms with Crippen molar-refractivity contribution >= 4 is 28.9 Å². The van der Waals surface area contributed by atoms with Crippen molar-refractivity contribution < 1.29 is 14.3 Å². The Morgan fingerprint density at radius 2 is 1.83 bits per heavy atom. The maximum atomic E-state index is 13.1. The van der Waals surface area contributed by atoms with Crippen molar-refractivity contribution in [2.75, 3.05) is 25.5 Å². The molecule has 0 bridgehead atoms. The van der Waals surface area contributed by atoms with Crippen molar-refractivity contribution in [1.29, 1.82) is 5.26 Å². The Morgan fingerprint density at radius 1 is 1.03 bits per heavy atom. The third-order valence-corrected chi connectivity index (χ3v) is 6.18. The van der Waals surface area contributed by atoms with E-state index in [9.17, 15) is 14.9 Å². The summed E-state index contributed by atoms with van der Waals surface area (Å²) in [6.45, 7) is 1.47. The fourth-order valence-electron chi connectivity index (χ4n) is 4.34. The molecule has 1 aliphatic heterocycles. The molecule has 1 saturated heterocycles. The highest BCUT2D eigenvalue weighted by Crippen LogP contribution is 2.27. The van der Waals surface area contributed by atoms with Crippen LogP contribution < -0.4 is 10.1 Å². The van der Waals surface area contributed by atoms with Crippen molar-refractivity contribution in [3.05, 3.63) is 77.5 Å². The van der Waals surface area contributed by atoms with Crippen LogP contribution in [0.1, 0.15) is 45.5 Å². The number of benzene rings is 2. The van der Waals surface area contributed by atoms with Gasteiger partial charge in [0.1, 0.15) is 11.3 Å². The molecule has 0 radical (unpaired) electrons. The molecule has 36 heavy (non-hydrogen) atoms. The third-order valence-electron chi connectivity index (χ3n) is 6.18. The molecule has 2 aromatic carbocycles. The number of anilines is 1. The average molecular weight is 481 g/mol. The van der Waals surface area contributed by atoms with Gasteiger partial charge in [-0.05, 0) is 55.7 Å². The number of nitriles is 1. The van der Waals surface area contributed by atoms with Crippen LogP contribution in [-0.2, 0) is 0 Å². The smallest absolute Gasteiger partial charge is 0.258 e. The number of carbonyl (C=O) groups excluding carboxylic acids is 2. The van der Waals surface area contributed by atoms with E-state index in [1.807, 2.05) is 35.2 Å². The van der Waals surface area contributed by atoms with Gasteiger partial charge < -0.3 is 9.64 Å². The monoisotopic (exact) mass is 480 g/mol. The number of imidazole rings is 1. The number of ether oxygens (including phenoxy) is 1. The van der Waals surface area contributed by atoms with Gasteiger partial charge in [0.05, 0.1) is 30.0 Å². The van der Waals surface area contributed by atoms with Crippen LogP contribution in [-0.4, -0.2) is 51.4 Å². The van der Waals surface area contributed by atoms with Crippen LogP contribution in [0.4, 0.5) is 5.95 Å². The molecule has 0 saturated carbocycles. The molecule has 1 N–H and O–H groups in total. The van der Waals surface area contributed by atoms with Crippen LogP contribution in [0.2, 0.25) is 0 Å². The van der Waals surface area contributed by atoms with E-state index in [-0.39, 0.29) is 11.9 Å². The lowest BCUT2D eigenvalue weighted by atomic mass is 10.1. The lowest BCUT2D eigenvalue weighted by Crippen LogP contribution is -2.35. The standard InChI is InChI=1S/C27H24N6O3/c1-36-22-10-6-9-21(15-22)33-24-23(14-20(17-29-24)26(35)32-11-3-2-4-12-32)30-27(33)31-25(34)19-8-5-7-18(13-19)16-28/h5-10,13-15,17H,2-4,11-12H2,1H3,(H,30,31,34). The zero-order chi connectivity index (χ0) is 25.1. The summed E-state index contributed by atoms with van der Waals surface area (Å²) < 4.78 is 7.08. The van der Waals surface area contributed by atoms with E-state index in [1.54, 1.807) is 42.1 Å². The van der Waals surface area contributed by atoms with Crippen molar-refractivity contribution in [2.24, 2.45) is 0 Å². The molecule has 0 unspecified atom stereocenters. The highest BCUT2D eigenvalue weighted by molar-refractivity contribution is 6.04. The second-order valence-corrected chi connectivity index (χ2v) is 8.54. The number of likely N-dealkylation sites (tertiary alicyclic amines) is 1. The van der Waals surface area contributed by atoms with Crippen LogP contribution in [0.3, 0.4) is 0 Å². The zero-order valence-corrected chi connectivity index (χ0v) is 19.8. The van der Waals surface area contributed by atoms with Gasteiger partial charge in [-0.2, -0.15) is 5.26 Å². The Morgan fingerprint density at radius 3 is 2.61 bits per heavy atom. The molecular formula is C27H24N6O3. The minimum absolute atomic E-state index is 0.0704. The molecule has 4 aromatic rings. The van der Waals surface area contributed by atoms with Crippen molar-refractivity contribution in [3.8, 4) is 17.5 Å². The van der Waals surface area contributed by atoms with Crippen molar-refractivity contribution in [1.82, 2.24) is 19.4 Å². The van der Waals surface area contributed by atoms with Crippen LogP contribution in [0, 0.1) is 11.3 Å². The van der Waals surface area contributed by atoms with Gasteiger partial charge in [0.25, 0.3) is 11.8 Å². The van der Waals surface area contributed by atoms with Gasteiger partial charge in [-0.25, -0.2) is 9.97 Å². The molecule has 2 aromatic heterocycles. The highest BCUT2D eigenvalue weighted by atomic mass is 16.5. The van der Waals surface area contributed by atoms with E-state index in [0.29, 0.717) is 39.3 Å². The van der Waals surface area contributed by atoms with Crippen LogP contribution >= 0.6 is 0 Å². The maximum Gasteiger partial charge on any atom is 0.258 e. The number of methoxy groups -OCH3 is 1. The summed E-state index contributed by atoms with van der Waals surface area (Å²) in [5, 5.41) is 12.0. The number of carbonyl (C=O) groups is 2. The van der Waals surface area contributed by atoms with E-state index in [0.717, 1.165) is 32.4 Å². The Labute approximate surface area is 208 Å². The van der Waals surface area contributed by atoms with Crippen molar-refractivity contribution in [2.45, 2.75) is 19.3 Å². The number of hydrogen-bond acceptors (Lipinski definition) is 6. The minimum atomic E-state index is -0.420. The van der Waals surface area contributed by atoms with Crippen LogP contribution in [0.5, 0.6) is 5.75 Å². The maximum absolute atomic E-state index is 13.1. The quantitative estimate of drug-likeness (QED) is 0.459. The lowest BCUT2D eigenvalue weighted by molar-refractivity contribution is 0.0724. The fourth-order valence-corrected chi connectivity index (χ4v) is 4.34. The number of nitrogens with one attached hydrogen (secondary N) is 1. The number of fused-ring (bicyclic) bond motifs is 1. The van der Waals surface area contributed by atoms with E-state index >= 15 is 0 Å². The minimum Gasteiger partial charge on any atom is -0.497 e. The lowest BCUT2D eigenvalue weighted by Gasteiger charge is -2.26. The molecule has 3 heterocycles. The van der Waals surface area contributed by atoms with Crippen LogP contribution in [0.25, 0.3) is 16.9 Å². The number of aromatic nitrogens is 3. The summed E-state index contributed by atoms with van der Waals surface area (Å²) in [6.07, 6.45) is 4.68. The summed E-state index contributed by atoms with van der Waals surface area (Å²) in [5.74, 6) is 0.376. The van der Waals surface area contributed by atoms with E-state index in [4.69, 9.17) is 4.74 Å². The predicted octanol–water partition coefficient (Wildman–Crippen LogP) is 4.18. The first-order valence-corrected chi connectivity index (χ1v) is 11.7. The number of hydrogen-bond donors (Lipinski definition) is 1. The van der Waals surface area contributed by atoms with Crippen molar-refractivity contribution in [3.63, 3.8) is 0 Å². The number of nitrogens with zero attached hydrogens (tertiary/aromatic N) is 5. The second kappa shape index (κ2) is 9.88. The Hall–Kier alpha value is -4.71. The first-order valence-electron chi connectivity index (χ1n) is 11.7. The number of amides is 2. The Balaban J connectivity index is 1.57. The summed E-state index contributed by atoms with van der Waals surface area (Å²) in [6, 6.07) is 17.5. The number of rotatable bonds is 5. The van der Waals surface area contributed by atoms with Gasteiger partial charge in [0.15, 0.2) is 5.65 Å². The molecule has 9 heteroatoms. The summed E-state index contributed by atoms with van der Waals surface area (Å²) in [5.41, 5.74) is 2.81. The first-order chi connectivity index (χ1) is 17.6. The summed E-state index contributed by atoms with van der Waals surface area (Å²) in [7, 11) is 1.58. The molecule has 1 aliphatic rings. The van der Waals surface area contributed by atoms with Gasteiger partial charge in [-0.3, -0.25) is 19.5 Å². The Bertz CT molecular complexity index is 1500. The molecule has 180 valence electrons. The molecule has 5 rings (SSSR count). The second-order valence-electron chi connectivity index (χ2n) is 8.54. The van der Waals surface area contributed by atoms with Crippen LogP contribution in [0.15, 0.2) is 60.8 Å². The Kier molecular flexibility index (Phi) is 6.33. The van der Waals surface area contributed by atoms with Gasteiger partial charge in [-0.1, -0.05) is 12.1 Å². The zero-order valence-electron chi connectivity index (χ0n) is 19.8. The molecule has 1 fully saturated rings. The fraction of sp³-hybridized carbons (Fsp3) is 0.222. The normalized spacial score (nSPS) is 13.3. The molecule has 0 aliphatic carbocycles. The largest absolute Gasteiger partial charge is 0.497 e. The number of piperidine rings is 1. The van der Waals surface area contributed by atoms with Gasteiger partial charge >= 0.3 is 0 Å². The molecule has 2 amide bonds. The number of pyridine rings is 1. The van der Waals surface area contributed by atoms with Gasteiger partial charge in [0, 0.05) is 30.9 Å². The summed E-state index contributed by atoms with van der Waals surface area (Å²) >= 11 is 0. The molecule has 9 nitrogen and oxygen atoms in total. The van der Waals surface area contributed by atoms with Gasteiger partial charge in [0.2, 0.25) is 5.95 Å². The summed E-state index contributed by atoms with van der Waals surface area (Å²) in [4.78, 5) is 37.2. The molecule has 0 atom stereocenters. The molecule has 0 spiro atoms. The van der Waals surface area contributed by atoms with E-state index in [1.165, 1.54) is 6.07 Å². The predicted molar refractivity (Wildman–Crippen MR) is 134 cm³/mol. The van der Waals surface area contributed by atoms with E-state index in [2.05, 4.69) is 15.3 Å².